The van der Waals surface area contributed by atoms with Gasteiger partial charge in [-0.25, -0.2) is 4.39 Å². The summed E-state index contributed by atoms with van der Waals surface area (Å²) in [6.07, 6.45) is 1.09. The summed E-state index contributed by atoms with van der Waals surface area (Å²) >= 11 is 1.63. The maximum absolute atomic E-state index is 13.2. The van der Waals surface area contributed by atoms with Crippen molar-refractivity contribution in [2.24, 2.45) is 0 Å². The summed E-state index contributed by atoms with van der Waals surface area (Å²) in [6, 6.07) is 7.24. The average Bonchev–Trinajstić information content (AvgIpc) is 2.71. The zero-order valence-electron chi connectivity index (χ0n) is 10.8. The maximum Gasteiger partial charge on any atom is 0.124 e. The van der Waals surface area contributed by atoms with Crippen LogP contribution in [0.1, 0.15) is 31.2 Å². The van der Waals surface area contributed by atoms with E-state index in [1.807, 2.05) is 13.0 Å². The molecule has 0 amide bonds. The first kappa shape index (κ1) is 13.2. The molecule has 1 aromatic heterocycles. The fraction of sp³-hybridized carbons (Fsp3) is 0.333. The Labute approximate surface area is 111 Å². The number of nitrogens with one attached hydrogen (secondary N) is 1. The zero-order chi connectivity index (χ0) is 13.1. The molecule has 1 unspecified atom stereocenters. The van der Waals surface area contributed by atoms with E-state index in [-0.39, 0.29) is 11.9 Å². The molecule has 0 aliphatic carbocycles. The third-order valence-electron chi connectivity index (χ3n) is 2.88. The van der Waals surface area contributed by atoms with Crippen molar-refractivity contribution >= 4 is 21.4 Å². The van der Waals surface area contributed by atoms with Gasteiger partial charge in [-0.1, -0.05) is 25.1 Å². The third kappa shape index (κ3) is 2.79. The third-order valence-corrected chi connectivity index (χ3v) is 4.04. The standard InChI is InChI=1S/C15H18FNS/c1-4-7-17-15(10(2)3)14-8-11-5-6-12(16)9-13(11)18-14/h5-6,8-9,15,17H,2,4,7H2,1,3H3. The van der Waals surface area contributed by atoms with Crippen LogP contribution in [0.5, 0.6) is 0 Å². The molecule has 1 aromatic carbocycles. The van der Waals surface area contributed by atoms with E-state index in [9.17, 15) is 4.39 Å². The fourth-order valence-electron chi connectivity index (χ4n) is 1.97. The number of halogens is 1. The number of benzene rings is 1. The van der Waals surface area contributed by atoms with Crippen molar-refractivity contribution in [2.45, 2.75) is 26.3 Å². The van der Waals surface area contributed by atoms with Crippen LogP contribution in [-0.4, -0.2) is 6.54 Å². The molecule has 0 fully saturated rings. The molecule has 0 radical (unpaired) electrons. The van der Waals surface area contributed by atoms with Crippen LogP contribution in [0.25, 0.3) is 10.1 Å². The quantitative estimate of drug-likeness (QED) is 0.774. The molecule has 1 atom stereocenters. The molecule has 2 aromatic rings. The van der Waals surface area contributed by atoms with Gasteiger partial charge in [-0.3, -0.25) is 0 Å². The summed E-state index contributed by atoms with van der Waals surface area (Å²) in [7, 11) is 0. The molecular weight excluding hydrogens is 245 g/mol. The van der Waals surface area contributed by atoms with E-state index in [0.717, 1.165) is 28.6 Å². The lowest BCUT2D eigenvalue weighted by atomic mass is 10.1. The lowest BCUT2D eigenvalue weighted by molar-refractivity contribution is 0.598. The Hall–Kier alpha value is -1.19. The Kier molecular flexibility index (Phi) is 4.15. The van der Waals surface area contributed by atoms with E-state index in [0.29, 0.717) is 0 Å². The van der Waals surface area contributed by atoms with Crippen LogP contribution in [-0.2, 0) is 0 Å². The Morgan fingerprint density at radius 1 is 1.44 bits per heavy atom. The molecule has 1 heterocycles. The number of fused-ring (bicyclic) bond motifs is 1. The van der Waals surface area contributed by atoms with Crippen LogP contribution in [0.15, 0.2) is 36.4 Å². The zero-order valence-corrected chi connectivity index (χ0v) is 11.6. The van der Waals surface area contributed by atoms with E-state index in [4.69, 9.17) is 0 Å². The molecule has 18 heavy (non-hydrogen) atoms. The number of hydrogen-bond acceptors (Lipinski definition) is 2. The van der Waals surface area contributed by atoms with Gasteiger partial charge in [0.1, 0.15) is 5.82 Å². The summed E-state index contributed by atoms with van der Waals surface area (Å²) in [5.41, 5.74) is 1.09. The molecule has 2 rings (SSSR count). The highest BCUT2D eigenvalue weighted by atomic mass is 32.1. The molecule has 1 nitrogen and oxygen atoms in total. The topological polar surface area (TPSA) is 12.0 Å². The van der Waals surface area contributed by atoms with Gasteiger partial charge < -0.3 is 5.32 Å². The monoisotopic (exact) mass is 263 g/mol. The first-order valence-corrected chi connectivity index (χ1v) is 7.01. The van der Waals surface area contributed by atoms with Crippen molar-refractivity contribution < 1.29 is 4.39 Å². The molecule has 1 N–H and O–H groups in total. The molecule has 0 saturated carbocycles. The van der Waals surface area contributed by atoms with Gasteiger partial charge in [0.15, 0.2) is 0 Å². The summed E-state index contributed by atoms with van der Waals surface area (Å²) in [4.78, 5) is 1.21. The van der Waals surface area contributed by atoms with Gasteiger partial charge >= 0.3 is 0 Å². The summed E-state index contributed by atoms with van der Waals surface area (Å²) in [5, 5.41) is 4.58. The first-order chi connectivity index (χ1) is 8.61. The fourth-order valence-corrected chi connectivity index (χ4v) is 3.23. The predicted octanol–water partition coefficient (Wildman–Crippen LogP) is 4.66. The van der Waals surface area contributed by atoms with E-state index in [2.05, 4.69) is 24.9 Å². The van der Waals surface area contributed by atoms with Gasteiger partial charge in [0, 0.05) is 9.58 Å². The van der Waals surface area contributed by atoms with E-state index in [1.165, 1.54) is 10.9 Å². The average molecular weight is 263 g/mol. The minimum Gasteiger partial charge on any atom is -0.306 e. The Morgan fingerprint density at radius 2 is 2.22 bits per heavy atom. The summed E-state index contributed by atoms with van der Waals surface area (Å²) in [6.45, 7) is 9.17. The first-order valence-electron chi connectivity index (χ1n) is 6.19. The van der Waals surface area contributed by atoms with Crippen LogP contribution in [0.3, 0.4) is 0 Å². The molecule has 0 saturated heterocycles. The van der Waals surface area contributed by atoms with Crippen LogP contribution in [0.4, 0.5) is 4.39 Å². The van der Waals surface area contributed by atoms with Gasteiger partial charge in [0.05, 0.1) is 6.04 Å². The lowest BCUT2D eigenvalue weighted by Crippen LogP contribution is -2.21. The molecule has 0 aliphatic heterocycles. The van der Waals surface area contributed by atoms with Crippen molar-refractivity contribution in [1.82, 2.24) is 5.32 Å². The van der Waals surface area contributed by atoms with Gasteiger partial charge in [0.2, 0.25) is 0 Å². The van der Waals surface area contributed by atoms with Gasteiger partial charge in [-0.15, -0.1) is 11.3 Å². The molecular formula is C15H18FNS. The molecule has 0 spiro atoms. The highest BCUT2D eigenvalue weighted by Crippen LogP contribution is 2.33. The summed E-state index contributed by atoms with van der Waals surface area (Å²) < 4.78 is 14.2. The minimum atomic E-state index is -0.177. The van der Waals surface area contributed by atoms with Crippen molar-refractivity contribution in [3.05, 3.63) is 47.1 Å². The van der Waals surface area contributed by atoms with Gasteiger partial charge in [0.25, 0.3) is 0 Å². The SMILES string of the molecule is C=C(C)C(NCCC)c1cc2ccc(F)cc2s1. The Balaban J connectivity index is 2.35. The Morgan fingerprint density at radius 3 is 2.89 bits per heavy atom. The second-order valence-corrected chi connectivity index (χ2v) is 5.68. The minimum absolute atomic E-state index is 0.172. The van der Waals surface area contributed by atoms with Crippen LogP contribution in [0.2, 0.25) is 0 Å². The van der Waals surface area contributed by atoms with E-state index in [1.54, 1.807) is 17.4 Å². The molecule has 3 heteroatoms. The lowest BCUT2D eigenvalue weighted by Gasteiger charge is -2.16. The maximum atomic E-state index is 13.2. The smallest absolute Gasteiger partial charge is 0.124 e. The van der Waals surface area contributed by atoms with Crippen LogP contribution < -0.4 is 5.32 Å². The van der Waals surface area contributed by atoms with Gasteiger partial charge in [-0.05, 0) is 43.5 Å². The normalized spacial score (nSPS) is 12.8. The van der Waals surface area contributed by atoms with Crippen molar-refractivity contribution in [3.8, 4) is 0 Å². The van der Waals surface area contributed by atoms with Crippen molar-refractivity contribution in [1.29, 1.82) is 0 Å². The highest BCUT2D eigenvalue weighted by molar-refractivity contribution is 7.19. The molecule has 96 valence electrons. The second-order valence-electron chi connectivity index (χ2n) is 4.56. The molecule has 0 bridgehead atoms. The summed E-state index contributed by atoms with van der Waals surface area (Å²) in [5.74, 6) is -0.177. The van der Waals surface area contributed by atoms with E-state index < -0.39 is 0 Å². The van der Waals surface area contributed by atoms with Gasteiger partial charge in [-0.2, -0.15) is 0 Å². The van der Waals surface area contributed by atoms with Crippen molar-refractivity contribution in [3.63, 3.8) is 0 Å². The van der Waals surface area contributed by atoms with Crippen LogP contribution >= 0.6 is 11.3 Å². The van der Waals surface area contributed by atoms with E-state index >= 15 is 0 Å². The number of thiophene rings is 1. The Bertz CT molecular complexity index is 559. The number of hydrogen-bond donors (Lipinski definition) is 1. The predicted molar refractivity (Wildman–Crippen MR) is 77.6 cm³/mol. The van der Waals surface area contributed by atoms with Crippen LogP contribution in [0, 0.1) is 5.82 Å². The second kappa shape index (κ2) is 5.63. The largest absolute Gasteiger partial charge is 0.306 e. The highest BCUT2D eigenvalue weighted by Gasteiger charge is 2.14. The van der Waals surface area contributed by atoms with Crippen molar-refractivity contribution in [2.75, 3.05) is 6.54 Å². The number of rotatable bonds is 5. The molecule has 0 aliphatic rings.